The van der Waals surface area contributed by atoms with Gasteiger partial charge in [-0.2, -0.15) is 13.2 Å². The Hall–Kier alpha value is -0.980. The van der Waals surface area contributed by atoms with Crippen molar-refractivity contribution < 1.29 is 13.2 Å². The molecular weight excluding hydrogens is 293 g/mol. The lowest BCUT2D eigenvalue weighted by Crippen LogP contribution is -2.45. The maximum absolute atomic E-state index is 12.1. The molecule has 0 aromatic heterocycles. The van der Waals surface area contributed by atoms with E-state index in [0.717, 1.165) is 32.6 Å². The Labute approximate surface area is 131 Å². The molecule has 0 aromatic rings. The fourth-order valence-corrected chi connectivity index (χ4v) is 2.78. The van der Waals surface area contributed by atoms with Crippen molar-refractivity contribution in [2.45, 2.75) is 39.3 Å². The summed E-state index contributed by atoms with van der Waals surface area (Å²) < 4.78 is 36.4. The van der Waals surface area contributed by atoms with Gasteiger partial charge in [0.15, 0.2) is 5.96 Å². The molecule has 22 heavy (non-hydrogen) atoms. The molecule has 0 radical (unpaired) electrons. The lowest BCUT2D eigenvalue weighted by atomic mass is 9.97. The van der Waals surface area contributed by atoms with E-state index >= 15 is 0 Å². The van der Waals surface area contributed by atoms with Gasteiger partial charge < -0.3 is 15.5 Å². The number of rotatable bonds is 6. The maximum atomic E-state index is 12.1. The zero-order valence-corrected chi connectivity index (χ0v) is 13.8. The Balaban J connectivity index is 2.27. The third kappa shape index (κ3) is 8.46. The Kier molecular flexibility index (Phi) is 8.00. The molecule has 1 aliphatic rings. The van der Waals surface area contributed by atoms with Gasteiger partial charge in [-0.05, 0) is 31.2 Å². The van der Waals surface area contributed by atoms with Crippen LogP contribution in [-0.2, 0) is 0 Å². The standard InChI is InChI=1S/C15H29F3N4/c1-12(2)10-22-8-4-5-13(11-22)9-21-14(19-3)20-7-6-15(16,17)18/h12-13H,4-11H2,1-3H3,(H2,19,20,21). The maximum Gasteiger partial charge on any atom is 0.390 e. The highest BCUT2D eigenvalue weighted by Crippen LogP contribution is 2.18. The molecule has 0 saturated carbocycles. The van der Waals surface area contributed by atoms with Gasteiger partial charge in [0.25, 0.3) is 0 Å². The van der Waals surface area contributed by atoms with Gasteiger partial charge in [0.05, 0.1) is 6.42 Å². The average molecular weight is 322 g/mol. The number of hydrogen-bond donors (Lipinski definition) is 2. The van der Waals surface area contributed by atoms with Gasteiger partial charge in [-0.15, -0.1) is 0 Å². The molecule has 1 rings (SSSR count). The molecule has 1 aliphatic heterocycles. The predicted molar refractivity (Wildman–Crippen MR) is 84.0 cm³/mol. The Bertz CT molecular complexity index is 342. The summed E-state index contributed by atoms with van der Waals surface area (Å²) in [5.74, 6) is 1.63. The molecule has 0 spiro atoms. The van der Waals surface area contributed by atoms with Crippen molar-refractivity contribution in [3.8, 4) is 0 Å². The molecule has 0 aromatic carbocycles. The molecule has 0 amide bonds. The lowest BCUT2D eigenvalue weighted by molar-refractivity contribution is -0.132. The zero-order chi connectivity index (χ0) is 16.6. The second-order valence-corrected chi connectivity index (χ2v) is 6.41. The van der Waals surface area contributed by atoms with E-state index in [4.69, 9.17) is 0 Å². The molecule has 1 unspecified atom stereocenters. The first-order chi connectivity index (χ1) is 10.3. The molecular formula is C15H29F3N4. The van der Waals surface area contributed by atoms with E-state index in [1.54, 1.807) is 7.05 Å². The van der Waals surface area contributed by atoms with Crippen molar-refractivity contribution in [3.63, 3.8) is 0 Å². The van der Waals surface area contributed by atoms with Crippen molar-refractivity contribution in [3.05, 3.63) is 0 Å². The van der Waals surface area contributed by atoms with Crippen molar-refractivity contribution >= 4 is 5.96 Å². The van der Waals surface area contributed by atoms with E-state index in [1.807, 2.05) is 0 Å². The number of nitrogens with one attached hydrogen (secondary N) is 2. The van der Waals surface area contributed by atoms with Crippen LogP contribution in [0.1, 0.15) is 33.1 Å². The summed E-state index contributed by atoms with van der Waals surface area (Å²) in [5, 5.41) is 5.86. The molecule has 1 heterocycles. The molecule has 130 valence electrons. The molecule has 1 atom stereocenters. The van der Waals surface area contributed by atoms with E-state index in [0.29, 0.717) is 17.8 Å². The van der Waals surface area contributed by atoms with Crippen molar-refractivity contribution in [2.24, 2.45) is 16.8 Å². The van der Waals surface area contributed by atoms with Crippen LogP contribution in [0.2, 0.25) is 0 Å². The molecule has 1 saturated heterocycles. The van der Waals surface area contributed by atoms with Crippen LogP contribution in [0.4, 0.5) is 13.2 Å². The summed E-state index contributed by atoms with van der Waals surface area (Å²) in [4.78, 5) is 6.45. The minimum atomic E-state index is -4.13. The van der Waals surface area contributed by atoms with Crippen LogP contribution >= 0.6 is 0 Å². The summed E-state index contributed by atoms with van der Waals surface area (Å²) in [5.41, 5.74) is 0. The van der Waals surface area contributed by atoms with Crippen LogP contribution in [0.25, 0.3) is 0 Å². The second kappa shape index (κ2) is 9.22. The van der Waals surface area contributed by atoms with Gasteiger partial charge in [-0.25, -0.2) is 0 Å². The Morgan fingerprint density at radius 3 is 2.64 bits per heavy atom. The Morgan fingerprint density at radius 1 is 1.32 bits per heavy atom. The molecule has 1 fully saturated rings. The number of piperidine rings is 1. The van der Waals surface area contributed by atoms with Gasteiger partial charge in [-0.3, -0.25) is 4.99 Å². The van der Waals surface area contributed by atoms with E-state index in [1.165, 1.54) is 6.42 Å². The number of guanidine groups is 1. The molecule has 7 heteroatoms. The topological polar surface area (TPSA) is 39.7 Å². The van der Waals surface area contributed by atoms with E-state index in [2.05, 4.69) is 34.4 Å². The first-order valence-corrected chi connectivity index (χ1v) is 8.03. The average Bonchev–Trinajstić information content (AvgIpc) is 2.41. The van der Waals surface area contributed by atoms with Crippen LogP contribution in [-0.4, -0.2) is 56.8 Å². The fourth-order valence-electron chi connectivity index (χ4n) is 2.78. The summed E-state index contributed by atoms with van der Waals surface area (Å²) in [6.45, 7) is 8.34. The Morgan fingerprint density at radius 2 is 2.05 bits per heavy atom. The smallest absolute Gasteiger partial charge is 0.356 e. The number of nitrogens with zero attached hydrogens (tertiary/aromatic N) is 2. The molecule has 0 aliphatic carbocycles. The number of alkyl halides is 3. The van der Waals surface area contributed by atoms with Gasteiger partial charge in [0.2, 0.25) is 0 Å². The van der Waals surface area contributed by atoms with E-state index in [9.17, 15) is 13.2 Å². The first kappa shape index (κ1) is 19.1. The zero-order valence-electron chi connectivity index (χ0n) is 13.8. The number of hydrogen-bond acceptors (Lipinski definition) is 2. The van der Waals surface area contributed by atoms with Crippen LogP contribution in [0.15, 0.2) is 4.99 Å². The quantitative estimate of drug-likeness (QED) is 0.583. The second-order valence-electron chi connectivity index (χ2n) is 6.41. The lowest BCUT2D eigenvalue weighted by Gasteiger charge is -2.34. The van der Waals surface area contributed by atoms with Crippen molar-refractivity contribution in [1.29, 1.82) is 0 Å². The van der Waals surface area contributed by atoms with Gasteiger partial charge in [-0.1, -0.05) is 13.8 Å². The number of aliphatic imine (C=N–C) groups is 1. The van der Waals surface area contributed by atoms with Gasteiger partial charge in [0, 0.05) is 33.2 Å². The fraction of sp³-hybridized carbons (Fsp3) is 0.933. The van der Waals surface area contributed by atoms with Gasteiger partial charge >= 0.3 is 6.18 Å². The molecule has 4 nitrogen and oxygen atoms in total. The largest absolute Gasteiger partial charge is 0.390 e. The highest BCUT2D eigenvalue weighted by molar-refractivity contribution is 5.79. The minimum absolute atomic E-state index is 0.146. The normalized spacial score (nSPS) is 21.2. The third-order valence-electron chi connectivity index (χ3n) is 3.71. The van der Waals surface area contributed by atoms with Crippen molar-refractivity contribution in [1.82, 2.24) is 15.5 Å². The van der Waals surface area contributed by atoms with Crippen molar-refractivity contribution in [2.75, 3.05) is 39.8 Å². The van der Waals surface area contributed by atoms with Crippen LogP contribution in [0, 0.1) is 11.8 Å². The summed E-state index contributed by atoms with van der Waals surface area (Å²) >= 11 is 0. The third-order valence-corrected chi connectivity index (χ3v) is 3.71. The minimum Gasteiger partial charge on any atom is -0.356 e. The summed E-state index contributed by atoms with van der Waals surface area (Å²) in [7, 11) is 1.58. The number of halogens is 3. The van der Waals surface area contributed by atoms with E-state index in [-0.39, 0.29) is 6.54 Å². The van der Waals surface area contributed by atoms with E-state index < -0.39 is 12.6 Å². The predicted octanol–water partition coefficient (Wildman–Crippen LogP) is 2.47. The van der Waals surface area contributed by atoms with Crippen LogP contribution < -0.4 is 10.6 Å². The van der Waals surface area contributed by atoms with Gasteiger partial charge in [0.1, 0.15) is 0 Å². The summed E-state index contributed by atoms with van der Waals surface area (Å²) in [6, 6.07) is 0. The van der Waals surface area contributed by atoms with Crippen LogP contribution in [0.5, 0.6) is 0 Å². The number of likely N-dealkylation sites (tertiary alicyclic amines) is 1. The molecule has 2 N–H and O–H groups in total. The monoisotopic (exact) mass is 322 g/mol. The van der Waals surface area contributed by atoms with Crippen LogP contribution in [0.3, 0.4) is 0 Å². The summed E-state index contributed by atoms with van der Waals surface area (Å²) in [6.07, 6.45) is -2.65. The first-order valence-electron chi connectivity index (χ1n) is 8.03. The highest BCUT2D eigenvalue weighted by atomic mass is 19.4. The molecule has 0 bridgehead atoms. The highest BCUT2D eigenvalue weighted by Gasteiger charge is 2.26. The SMILES string of the molecule is CN=C(NCCC(F)(F)F)NCC1CCCN(CC(C)C)C1.